The van der Waals surface area contributed by atoms with Crippen molar-refractivity contribution in [2.45, 2.75) is 25.4 Å². The van der Waals surface area contributed by atoms with Gasteiger partial charge in [0.15, 0.2) is 0 Å². The van der Waals surface area contributed by atoms with Crippen LogP contribution in [-0.4, -0.2) is 37.7 Å². The molecular formula is C16H18ClN5. The third kappa shape index (κ3) is 2.74. The quantitative estimate of drug-likeness (QED) is 0.807. The molecule has 0 radical (unpaired) electrons. The van der Waals surface area contributed by atoms with Gasteiger partial charge < -0.3 is 4.98 Å². The van der Waals surface area contributed by atoms with E-state index in [-0.39, 0.29) is 0 Å². The maximum Gasteiger partial charge on any atom is 0.0785 e. The van der Waals surface area contributed by atoms with Crippen LogP contribution < -0.4 is 0 Å². The summed E-state index contributed by atoms with van der Waals surface area (Å²) in [5.74, 6) is 0. The van der Waals surface area contributed by atoms with Crippen molar-refractivity contribution in [3.63, 3.8) is 0 Å². The fourth-order valence-corrected chi connectivity index (χ4v) is 3.36. The molecule has 1 saturated heterocycles. The van der Waals surface area contributed by atoms with Crippen molar-refractivity contribution in [3.05, 3.63) is 47.6 Å². The average molecular weight is 316 g/mol. The zero-order chi connectivity index (χ0) is 14.9. The number of piperidine rings is 1. The van der Waals surface area contributed by atoms with Crippen LogP contribution in [0.5, 0.6) is 0 Å². The Morgan fingerprint density at radius 2 is 2.14 bits per heavy atom. The minimum atomic E-state index is 0.468. The molecule has 6 heteroatoms. The zero-order valence-electron chi connectivity index (χ0n) is 12.2. The highest BCUT2D eigenvalue weighted by Gasteiger charge is 2.21. The molecule has 0 atom stereocenters. The van der Waals surface area contributed by atoms with Crippen LogP contribution in [0.2, 0.25) is 5.02 Å². The first-order valence-corrected chi connectivity index (χ1v) is 7.99. The first-order valence-electron chi connectivity index (χ1n) is 7.61. The van der Waals surface area contributed by atoms with Crippen LogP contribution >= 0.6 is 11.6 Å². The van der Waals surface area contributed by atoms with Crippen LogP contribution in [0.25, 0.3) is 10.9 Å². The van der Waals surface area contributed by atoms with Crippen LogP contribution in [-0.2, 0) is 6.54 Å². The molecule has 1 N–H and O–H groups in total. The number of nitrogens with one attached hydrogen (secondary N) is 1. The number of hydrogen-bond donors (Lipinski definition) is 1. The van der Waals surface area contributed by atoms with Crippen LogP contribution in [0.15, 0.2) is 36.9 Å². The molecule has 0 saturated carbocycles. The van der Waals surface area contributed by atoms with E-state index in [1.54, 1.807) is 6.20 Å². The number of nitrogens with zero attached hydrogens (tertiary/aromatic N) is 4. The molecule has 0 aliphatic carbocycles. The van der Waals surface area contributed by atoms with Crippen molar-refractivity contribution in [2.24, 2.45) is 0 Å². The fraction of sp³-hybridized carbons (Fsp3) is 0.375. The molecule has 0 unspecified atom stereocenters. The normalized spacial score (nSPS) is 17.3. The fourth-order valence-electron chi connectivity index (χ4n) is 3.21. The van der Waals surface area contributed by atoms with E-state index in [1.165, 1.54) is 11.1 Å². The molecule has 1 aliphatic heterocycles. The Morgan fingerprint density at radius 1 is 1.27 bits per heavy atom. The molecule has 5 nitrogen and oxygen atoms in total. The largest absolute Gasteiger partial charge is 0.357 e. The Kier molecular flexibility index (Phi) is 3.60. The zero-order valence-corrected chi connectivity index (χ0v) is 13.0. The molecule has 22 heavy (non-hydrogen) atoms. The summed E-state index contributed by atoms with van der Waals surface area (Å²) in [6.45, 7) is 3.12. The second-order valence-electron chi connectivity index (χ2n) is 5.90. The molecule has 0 aromatic carbocycles. The van der Waals surface area contributed by atoms with E-state index in [0.717, 1.165) is 38.0 Å². The lowest BCUT2D eigenvalue weighted by Crippen LogP contribution is -2.34. The van der Waals surface area contributed by atoms with E-state index < -0.39 is 0 Å². The standard InChI is InChI=1S/C16H18ClN5/c17-13-9-19-22(10-13)15-2-5-21(6-3-15)11-14-7-12-8-18-4-1-16(12)20-14/h1,4,7-10,15,20H,2-3,5-6,11H2. The number of aromatic nitrogens is 4. The number of likely N-dealkylation sites (tertiary alicyclic amines) is 1. The number of H-pyrrole nitrogens is 1. The highest BCUT2D eigenvalue weighted by Crippen LogP contribution is 2.24. The highest BCUT2D eigenvalue weighted by atomic mass is 35.5. The summed E-state index contributed by atoms with van der Waals surface area (Å²) in [6.07, 6.45) is 9.59. The van der Waals surface area contributed by atoms with Crippen molar-refractivity contribution in [3.8, 4) is 0 Å². The first kappa shape index (κ1) is 13.8. The molecule has 0 amide bonds. The maximum absolute atomic E-state index is 5.95. The Balaban J connectivity index is 1.39. The number of halogens is 1. The minimum absolute atomic E-state index is 0.468. The lowest BCUT2D eigenvalue weighted by atomic mass is 10.1. The van der Waals surface area contributed by atoms with Gasteiger partial charge in [0.1, 0.15) is 0 Å². The van der Waals surface area contributed by atoms with Crippen LogP contribution in [0, 0.1) is 0 Å². The first-order chi connectivity index (χ1) is 10.8. The molecular weight excluding hydrogens is 298 g/mol. The molecule has 1 fully saturated rings. The minimum Gasteiger partial charge on any atom is -0.357 e. The van der Waals surface area contributed by atoms with Gasteiger partial charge in [-0.25, -0.2) is 0 Å². The van der Waals surface area contributed by atoms with Crippen molar-refractivity contribution in [1.82, 2.24) is 24.6 Å². The smallest absolute Gasteiger partial charge is 0.0785 e. The van der Waals surface area contributed by atoms with Gasteiger partial charge in [0, 0.05) is 54.8 Å². The summed E-state index contributed by atoms with van der Waals surface area (Å²) in [6, 6.07) is 4.68. The topological polar surface area (TPSA) is 49.7 Å². The Morgan fingerprint density at radius 3 is 2.86 bits per heavy atom. The van der Waals surface area contributed by atoms with Crippen LogP contribution in [0.3, 0.4) is 0 Å². The molecule has 114 valence electrons. The van der Waals surface area contributed by atoms with Crippen molar-refractivity contribution in [1.29, 1.82) is 0 Å². The van der Waals surface area contributed by atoms with E-state index in [4.69, 9.17) is 11.6 Å². The van der Waals surface area contributed by atoms with E-state index in [0.29, 0.717) is 11.1 Å². The molecule has 0 spiro atoms. The van der Waals surface area contributed by atoms with E-state index in [2.05, 4.69) is 26.0 Å². The van der Waals surface area contributed by atoms with Gasteiger partial charge in [-0.1, -0.05) is 11.6 Å². The third-order valence-electron chi connectivity index (χ3n) is 4.37. The number of fused-ring (bicyclic) bond motifs is 1. The average Bonchev–Trinajstić information content (AvgIpc) is 3.13. The predicted octanol–water partition coefficient (Wildman–Crippen LogP) is 3.25. The van der Waals surface area contributed by atoms with Crippen LogP contribution in [0.1, 0.15) is 24.6 Å². The Labute approximate surface area is 133 Å². The van der Waals surface area contributed by atoms with Crippen LogP contribution in [0.4, 0.5) is 0 Å². The molecule has 0 bridgehead atoms. The van der Waals surface area contributed by atoms with E-state index >= 15 is 0 Å². The van der Waals surface area contributed by atoms with Gasteiger partial charge in [-0.3, -0.25) is 14.6 Å². The molecule has 3 aromatic heterocycles. The Hall–Kier alpha value is -1.85. The lowest BCUT2D eigenvalue weighted by molar-refractivity contribution is 0.172. The van der Waals surface area contributed by atoms with Gasteiger partial charge in [0.05, 0.1) is 17.3 Å². The molecule has 3 aromatic rings. The van der Waals surface area contributed by atoms with Gasteiger partial charge in [-0.05, 0) is 25.0 Å². The van der Waals surface area contributed by atoms with Gasteiger partial charge in [-0.15, -0.1) is 0 Å². The lowest BCUT2D eigenvalue weighted by Gasteiger charge is -2.31. The van der Waals surface area contributed by atoms with Gasteiger partial charge in [0.25, 0.3) is 0 Å². The van der Waals surface area contributed by atoms with Crippen molar-refractivity contribution in [2.75, 3.05) is 13.1 Å². The maximum atomic E-state index is 5.95. The predicted molar refractivity (Wildman–Crippen MR) is 86.9 cm³/mol. The number of rotatable bonds is 3. The molecule has 1 aliphatic rings. The summed E-state index contributed by atoms with van der Waals surface area (Å²) < 4.78 is 2.01. The summed E-state index contributed by atoms with van der Waals surface area (Å²) in [4.78, 5) is 10.1. The second-order valence-corrected chi connectivity index (χ2v) is 6.34. The van der Waals surface area contributed by atoms with Crippen molar-refractivity contribution < 1.29 is 0 Å². The second kappa shape index (κ2) is 5.74. The van der Waals surface area contributed by atoms with Crippen molar-refractivity contribution >= 4 is 22.5 Å². The highest BCUT2D eigenvalue weighted by molar-refractivity contribution is 6.30. The summed E-state index contributed by atoms with van der Waals surface area (Å²) >= 11 is 5.95. The molecule has 4 rings (SSSR count). The SMILES string of the molecule is Clc1cnn(C2CCN(Cc3cc4cnccc4[nH]3)CC2)c1. The summed E-state index contributed by atoms with van der Waals surface area (Å²) in [7, 11) is 0. The third-order valence-corrected chi connectivity index (χ3v) is 4.57. The summed E-state index contributed by atoms with van der Waals surface area (Å²) in [5.41, 5.74) is 2.41. The van der Waals surface area contributed by atoms with E-state index in [9.17, 15) is 0 Å². The number of hydrogen-bond acceptors (Lipinski definition) is 3. The van der Waals surface area contributed by atoms with Gasteiger partial charge in [-0.2, -0.15) is 5.10 Å². The summed E-state index contributed by atoms with van der Waals surface area (Å²) in [5, 5.41) is 6.23. The van der Waals surface area contributed by atoms with Gasteiger partial charge in [0.2, 0.25) is 0 Å². The number of aromatic amines is 1. The monoisotopic (exact) mass is 315 g/mol. The van der Waals surface area contributed by atoms with E-state index in [1.807, 2.05) is 29.3 Å². The Bertz CT molecular complexity index is 737. The van der Waals surface area contributed by atoms with Gasteiger partial charge >= 0.3 is 0 Å². The number of pyridine rings is 1. The molecule has 4 heterocycles.